The molecule has 2 N–H and O–H groups in total. The maximum Gasteiger partial charge on any atom is 0.235 e. The number of aromatic nitrogens is 4. The molecule has 21 heavy (non-hydrogen) atoms. The van der Waals surface area contributed by atoms with Gasteiger partial charge in [0, 0.05) is 19.1 Å². The lowest BCUT2D eigenvalue weighted by atomic mass is 10.00. The largest absolute Gasteiger partial charge is 0.397 e. The van der Waals surface area contributed by atoms with E-state index in [0.717, 1.165) is 58.0 Å². The number of aryl methyl sites for hydroxylation is 1. The minimum absolute atomic E-state index is 0.381. The van der Waals surface area contributed by atoms with E-state index in [1.54, 1.807) is 22.7 Å². The van der Waals surface area contributed by atoms with Crippen molar-refractivity contribution < 1.29 is 4.74 Å². The first-order valence-electron chi connectivity index (χ1n) is 6.88. The lowest BCUT2D eigenvalue weighted by Crippen LogP contribution is -2.16. The van der Waals surface area contributed by atoms with Crippen LogP contribution in [0.4, 0.5) is 5.69 Å². The lowest BCUT2D eigenvalue weighted by Gasteiger charge is -2.19. The van der Waals surface area contributed by atoms with Gasteiger partial charge in [-0.1, -0.05) is 11.3 Å². The van der Waals surface area contributed by atoms with E-state index in [1.807, 2.05) is 11.4 Å². The molecule has 0 unspecified atom stereocenters. The van der Waals surface area contributed by atoms with E-state index in [1.165, 1.54) is 0 Å². The molecule has 1 fully saturated rings. The van der Waals surface area contributed by atoms with Crippen molar-refractivity contribution in [2.24, 2.45) is 0 Å². The second kappa shape index (κ2) is 5.04. The zero-order chi connectivity index (χ0) is 14.4. The highest BCUT2D eigenvalue weighted by Crippen LogP contribution is 2.37. The number of nitrogen functional groups attached to an aromatic ring is 1. The van der Waals surface area contributed by atoms with E-state index < -0.39 is 0 Å². The van der Waals surface area contributed by atoms with Gasteiger partial charge in [0.1, 0.15) is 0 Å². The van der Waals surface area contributed by atoms with Gasteiger partial charge >= 0.3 is 0 Å². The zero-order valence-electron chi connectivity index (χ0n) is 11.6. The molecule has 0 atom stereocenters. The highest BCUT2D eigenvalue weighted by Gasteiger charge is 2.24. The molecule has 4 heterocycles. The van der Waals surface area contributed by atoms with Gasteiger partial charge in [-0.3, -0.25) is 0 Å². The molecular weight excluding hydrogens is 306 g/mol. The van der Waals surface area contributed by atoms with Crippen LogP contribution in [0, 0.1) is 6.92 Å². The molecule has 6 nitrogen and oxygen atoms in total. The minimum atomic E-state index is 0.381. The second-order valence-electron chi connectivity index (χ2n) is 5.21. The third-order valence-corrected chi connectivity index (χ3v) is 5.98. The summed E-state index contributed by atoms with van der Waals surface area (Å²) in [5, 5.41) is 16.3. The predicted molar refractivity (Wildman–Crippen MR) is 83.9 cm³/mol. The number of thiophene rings is 1. The van der Waals surface area contributed by atoms with Crippen molar-refractivity contribution in [1.82, 2.24) is 19.8 Å². The Morgan fingerprint density at radius 1 is 1.33 bits per heavy atom. The first kappa shape index (κ1) is 13.2. The van der Waals surface area contributed by atoms with E-state index in [9.17, 15) is 0 Å². The number of anilines is 1. The topological polar surface area (TPSA) is 78.3 Å². The summed E-state index contributed by atoms with van der Waals surface area (Å²) in [6, 6.07) is 0. The molecule has 0 bridgehead atoms. The Morgan fingerprint density at radius 3 is 2.86 bits per heavy atom. The van der Waals surface area contributed by atoms with Gasteiger partial charge in [0.25, 0.3) is 0 Å². The average Bonchev–Trinajstić information content (AvgIpc) is 3.15. The molecule has 1 saturated heterocycles. The summed E-state index contributed by atoms with van der Waals surface area (Å²) in [5.74, 6) is 1.33. The van der Waals surface area contributed by atoms with Gasteiger partial charge < -0.3 is 10.5 Å². The standard InChI is InChI=1S/C13H15N5OS2/c1-7-6-20-10(9(7)14)12-17-18-11(15-16-13(18)21-12)8-2-4-19-5-3-8/h6,8H,2-5,14H2,1H3. The normalized spacial score (nSPS) is 16.8. The Morgan fingerprint density at radius 2 is 2.14 bits per heavy atom. The van der Waals surface area contributed by atoms with E-state index in [0.29, 0.717) is 5.92 Å². The number of fused-ring (bicyclic) bond motifs is 1. The molecule has 3 aromatic rings. The molecule has 0 saturated carbocycles. The van der Waals surface area contributed by atoms with Crippen molar-refractivity contribution in [3.05, 3.63) is 16.8 Å². The molecule has 0 amide bonds. The molecule has 3 aromatic heterocycles. The van der Waals surface area contributed by atoms with Gasteiger partial charge in [-0.25, -0.2) is 0 Å². The van der Waals surface area contributed by atoms with Crippen LogP contribution in [0.3, 0.4) is 0 Å². The van der Waals surface area contributed by atoms with E-state index in [2.05, 4.69) is 15.6 Å². The number of nitrogens with zero attached hydrogens (tertiary/aromatic N) is 4. The van der Waals surface area contributed by atoms with Crippen LogP contribution >= 0.6 is 22.7 Å². The smallest absolute Gasteiger partial charge is 0.235 e. The number of nitrogens with two attached hydrogens (primary N) is 1. The van der Waals surface area contributed by atoms with Crippen molar-refractivity contribution in [1.29, 1.82) is 0 Å². The predicted octanol–water partition coefficient (Wildman–Crippen LogP) is 2.70. The fourth-order valence-electron chi connectivity index (χ4n) is 2.55. The third-order valence-electron chi connectivity index (χ3n) is 3.82. The first-order valence-corrected chi connectivity index (χ1v) is 8.57. The highest BCUT2D eigenvalue weighted by atomic mass is 32.1. The van der Waals surface area contributed by atoms with Crippen LogP contribution in [0.15, 0.2) is 5.38 Å². The Labute approximate surface area is 129 Å². The fourth-order valence-corrected chi connectivity index (χ4v) is 4.47. The average molecular weight is 321 g/mol. The monoisotopic (exact) mass is 321 g/mol. The van der Waals surface area contributed by atoms with Gasteiger partial charge in [-0.2, -0.15) is 9.61 Å². The molecule has 1 aliphatic rings. The molecule has 0 aliphatic carbocycles. The van der Waals surface area contributed by atoms with Crippen molar-refractivity contribution in [3.63, 3.8) is 0 Å². The van der Waals surface area contributed by atoms with Crippen molar-refractivity contribution in [2.45, 2.75) is 25.7 Å². The maximum atomic E-state index is 6.12. The molecule has 0 spiro atoms. The molecule has 8 heteroatoms. The Kier molecular flexibility index (Phi) is 3.16. The first-order chi connectivity index (χ1) is 10.2. The molecule has 0 aromatic carbocycles. The van der Waals surface area contributed by atoms with Crippen LogP contribution < -0.4 is 5.73 Å². The van der Waals surface area contributed by atoms with Gasteiger partial charge in [-0.05, 0) is 30.7 Å². The summed E-state index contributed by atoms with van der Waals surface area (Å²) in [6.45, 7) is 3.59. The van der Waals surface area contributed by atoms with Gasteiger partial charge in [-0.15, -0.1) is 21.5 Å². The number of rotatable bonds is 2. The second-order valence-corrected chi connectivity index (χ2v) is 7.04. The summed E-state index contributed by atoms with van der Waals surface area (Å²) in [6.07, 6.45) is 1.96. The van der Waals surface area contributed by atoms with Crippen LogP contribution in [0.2, 0.25) is 0 Å². The zero-order valence-corrected chi connectivity index (χ0v) is 13.2. The lowest BCUT2D eigenvalue weighted by molar-refractivity contribution is 0.0832. The van der Waals surface area contributed by atoms with E-state index in [4.69, 9.17) is 15.6 Å². The van der Waals surface area contributed by atoms with Crippen LogP contribution in [0.5, 0.6) is 0 Å². The quantitative estimate of drug-likeness (QED) is 0.785. The van der Waals surface area contributed by atoms with E-state index >= 15 is 0 Å². The number of hydrogen-bond acceptors (Lipinski definition) is 7. The number of hydrogen-bond donors (Lipinski definition) is 1. The summed E-state index contributed by atoms with van der Waals surface area (Å²) >= 11 is 3.17. The minimum Gasteiger partial charge on any atom is -0.397 e. The van der Waals surface area contributed by atoms with Crippen LogP contribution in [0.25, 0.3) is 14.8 Å². The fraction of sp³-hybridized carbons (Fsp3) is 0.462. The Bertz CT molecular complexity index is 784. The molecule has 110 valence electrons. The molecule has 0 radical (unpaired) electrons. The Balaban J connectivity index is 1.77. The van der Waals surface area contributed by atoms with Crippen molar-refractivity contribution in [2.75, 3.05) is 18.9 Å². The van der Waals surface area contributed by atoms with E-state index in [-0.39, 0.29) is 0 Å². The molecule has 4 rings (SSSR count). The SMILES string of the molecule is Cc1csc(-c2nn3c(C4CCOCC4)nnc3s2)c1N. The number of ether oxygens (including phenoxy) is 1. The summed E-state index contributed by atoms with van der Waals surface area (Å²) in [4.78, 5) is 1.86. The highest BCUT2D eigenvalue weighted by molar-refractivity contribution is 7.24. The van der Waals surface area contributed by atoms with Crippen LogP contribution in [-0.2, 0) is 4.74 Å². The Hall–Kier alpha value is -1.51. The molecular formula is C13H15N5OS2. The van der Waals surface area contributed by atoms with Gasteiger partial charge in [0.15, 0.2) is 10.8 Å². The van der Waals surface area contributed by atoms with Gasteiger partial charge in [0.2, 0.25) is 4.96 Å². The van der Waals surface area contributed by atoms with Gasteiger partial charge in [0.05, 0.1) is 10.6 Å². The maximum absolute atomic E-state index is 6.12. The van der Waals surface area contributed by atoms with Crippen LogP contribution in [-0.4, -0.2) is 33.0 Å². The summed E-state index contributed by atoms with van der Waals surface area (Å²) < 4.78 is 7.29. The van der Waals surface area contributed by atoms with Crippen molar-refractivity contribution in [3.8, 4) is 9.88 Å². The third kappa shape index (κ3) is 2.14. The van der Waals surface area contributed by atoms with Crippen LogP contribution in [0.1, 0.15) is 30.1 Å². The summed E-state index contributed by atoms with van der Waals surface area (Å²) in [7, 11) is 0. The summed E-state index contributed by atoms with van der Waals surface area (Å²) in [5.41, 5.74) is 8.04. The van der Waals surface area contributed by atoms with Crippen molar-refractivity contribution >= 4 is 33.3 Å². The molecule has 1 aliphatic heterocycles.